The fourth-order valence-electron chi connectivity index (χ4n) is 2.65. The van der Waals surface area contributed by atoms with Gasteiger partial charge in [-0.25, -0.2) is 0 Å². The van der Waals surface area contributed by atoms with Gasteiger partial charge in [0.15, 0.2) is 0 Å². The van der Waals surface area contributed by atoms with E-state index in [9.17, 15) is 5.11 Å². The summed E-state index contributed by atoms with van der Waals surface area (Å²) in [6.45, 7) is 3.88. The highest BCUT2D eigenvalue weighted by Gasteiger charge is 2.43. The first-order valence-corrected chi connectivity index (χ1v) is 5.63. The lowest BCUT2D eigenvalue weighted by molar-refractivity contribution is 0.00709. The van der Waals surface area contributed by atoms with Crippen LogP contribution in [0.25, 0.3) is 0 Å². The highest BCUT2D eigenvalue weighted by atomic mass is 16.3. The average molecular weight is 205 g/mol. The van der Waals surface area contributed by atoms with E-state index in [4.69, 9.17) is 0 Å². The molecule has 2 unspecified atom stereocenters. The Bertz CT molecular complexity index is 325. The predicted molar refractivity (Wildman–Crippen MR) is 61.6 cm³/mol. The van der Waals surface area contributed by atoms with E-state index in [2.05, 4.69) is 18.9 Å². The highest BCUT2D eigenvalue weighted by Crippen LogP contribution is 2.37. The second-order valence-electron chi connectivity index (χ2n) is 4.59. The molecule has 2 nitrogen and oxygen atoms in total. The Balaban J connectivity index is 2.33. The lowest BCUT2D eigenvalue weighted by Gasteiger charge is -2.29. The molecule has 1 saturated heterocycles. The van der Waals surface area contributed by atoms with Gasteiger partial charge in [-0.1, -0.05) is 37.3 Å². The molecule has 1 heterocycles. The molecule has 2 rings (SSSR count). The number of likely N-dealkylation sites (N-methyl/N-ethyl adjacent to an activating group) is 1. The van der Waals surface area contributed by atoms with Gasteiger partial charge in [-0.2, -0.15) is 0 Å². The molecule has 0 bridgehead atoms. The summed E-state index contributed by atoms with van der Waals surface area (Å²) in [5.74, 6) is 0.352. The molecule has 1 aromatic carbocycles. The molecule has 0 radical (unpaired) electrons. The van der Waals surface area contributed by atoms with Crippen LogP contribution in [0.3, 0.4) is 0 Å². The lowest BCUT2D eigenvalue weighted by atomic mass is 9.83. The van der Waals surface area contributed by atoms with Crippen LogP contribution in [0.4, 0.5) is 0 Å². The van der Waals surface area contributed by atoms with Crippen molar-refractivity contribution >= 4 is 0 Å². The quantitative estimate of drug-likeness (QED) is 0.796. The summed E-state index contributed by atoms with van der Waals surface area (Å²) in [7, 11) is 2.07. The van der Waals surface area contributed by atoms with Crippen molar-refractivity contribution in [3.8, 4) is 0 Å². The lowest BCUT2D eigenvalue weighted by Crippen LogP contribution is -2.34. The largest absolute Gasteiger partial charge is 0.383 e. The Morgan fingerprint density at radius 3 is 2.67 bits per heavy atom. The van der Waals surface area contributed by atoms with E-state index < -0.39 is 5.60 Å². The Morgan fingerprint density at radius 1 is 1.40 bits per heavy atom. The molecule has 0 aromatic heterocycles. The van der Waals surface area contributed by atoms with Crippen molar-refractivity contribution in [2.24, 2.45) is 5.92 Å². The molecular formula is C13H19NO. The van der Waals surface area contributed by atoms with Crippen LogP contribution in [-0.4, -0.2) is 30.1 Å². The van der Waals surface area contributed by atoms with Gasteiger partial charge in [-0.15, -0.1) is 0 Å². The molecule has 1 fully saturated rings. The van der Waals surface area contributed by atoms with E-state index in [0.29, 0.717) is 5.92 Å². The molecule has 0 saturated carbocycles. The normalized spacial score (nSPS) is 32.1. The van der Waals surface area contributed by atoms with Gasteiger partial charge in [0.25, 0.3) is 0 Å². The topological polar surface area (TPSA) is 23.5 Å². The number of hydrogen-bond acceptors (Lipinski definition) is 2. The second-order valence-corrected chi connectivity index (χ2v) is 4.59. The molecule has 15 heavy (non-hydrogen) atoms. The van der Waals surface area contributed by atoms with Gasteiger partial charge in [-0.05, 0) is 19.0 Å². The first-order chi connectivity index (χ1) is 7.16. The molecule has 1 aliphatic rings. The average Bonchev–Trinajstić information content (AvgIpc) is 2.56. The van der Waals surface area contributed by atoms with Crippen LogP contribution < -0.4 is 0 Å². The van der Waals surface area contributed by atoms with Crippen LogP contribution in [-0.2, 0) is 5.60 Å². The Kier molecular flexibility index (Phi) is 2.81. The molecule has 1 N–H and O–H groups in total. The van der Waals surface area contributed by atoms with Gasteiger partial charge < -0.3 is 10.0 Å². The number of β-amino-alcohol motifs (C(OH)–C–C–N with tert-alkyl or cyclic N) is 1. The van der Waals surface area contributed by atoms with Crippen LogP contribution in [0.5, 0.6) is 0 Å². The molecule has 2 atom stereocenters. The minimum absolute atomic E-state index is 0.352. The number of likely N-dealkylation sites (tertiary alicyclic amines) is 1. The van der Waals surface area contributed by atoms with Crippen LogP contribution in [0, 0.1) is 5.92 Å². The van der Waals surface area contributed by atoms with E-state index >= 15 is 0 Å². The highest BCUT2D eigenvalue weighted by molar-refractivity contribution is 5.25. The fraction of sp³-hybridized carbons (Fsp3) is 0.538. The number of benzene rings is 1. The van der Waals surface area contributed by atoms with Crippen molar-refractivity contribution in [3.63, 3.8) is 0 Å². The minimum Gasteiger partial charge on any atom is -0.383 e. The summed E-state index contributed by atoms with van der Waals surface area (Å²) >= 11 is 0. The van der Waals surface area contributed by atoms with Gasteiger partial charge in [0, 0.05) is 19.0 Å². The van der Waals surface area contributed by atoms with Gasteiger partial charge in [0.1, 0.15) is 5.60 Å². The summed E-state index contributed by atoms with van der Waals surface area (Å²) in [4.78, 5) is 2.21. The van der Waals surface area contributed by atoms with E-state index in [1.54, 1.807) is 0 Å². The van der Waals surface area contributed by atoms with Crippen LogP contribution in [0.1, 0.15) is 18.9 Å². The molecule has 1 aliphatic heterocycles. The van der Waals surface area contributed by atoms with Gasteiger partial charge in [-0.3, -0.25) is 0 Å². The Morgan fingerprint density at radius 2 is 2.07 bits per heavy atom. The third-order valence-corrected chi connectivity index (χ3v) is 3.48. The molecule has 1 aromatic rings. The molecule has 0 aliphatic carbocycles. The van der Waals surface area contributed by atoms with E-state index in [1.165, 1.54) is 0 Å². The van der Waals surface area contributed by atoms with E-state index in [-0.39, 0.29) is 0 Å². The second kappa shape index (κ2) is 3.95. The zero-order valence-corrected chi connectivity index (χ0v) is 9.48. The Hall–Kier alpha value is -0.860. The van der Waals surface area contributed by atoms with E-state index in [0.717, 1.165) is 25.1 Å². The monoisotopic (exact) mass is 205 g/mol. The van der Waals surface area contributed by atoms with Gasteiger partial charge >= 0.3 is 0 Å². The SMILES string of the molecule is CCC1CN(C)CC1(O)c1ccccc1. The maximum atomic E-state index is 10.8. The summed E-state index contributed by atoms with van der Waals surface area (Å²) in [5, 5.41) is 10.8. The first-order valence-electron chi connectivity index (χ1n) is 5.63. The van der Waals surface area contributed by atoms with Crippen molar-refractivity contribution in [1.29, 1.82) is 0 Å². The van der Waals surface area contributed by atoms with Crippen LogP contribution in [0.2, 0.25) is 0 Å². The molecular weight excluding hydrogens is 186 g/mol. The van der Waals surface area contributed by atoms with Crippen LogP contribution >= 0.6 is 0 Å². The first kappa shape index (κ1) is 10.7. The van der Waals surface area contributed by atoms with E-state index in [1.807, 2.05) is 30.3 Å². The van der Waals surface area contributed by atoms with Crippen molar-refractivity contribution in [2.45, 2.75) is 18.9 Å². The van der Waals surface area contributed by atoms with Gasteiger partial charge in [0.2, 0.25) is 0 Å². The maximum absolute atomic E-state index is 10.8. The molecule has 82 valence electrons. The summed E-state index contributed by atoms with van der Waals surface area (Å²) in [6, 6.07) is 10.0. The van der Waals surface area contributed by atoms with Crippen molar-refractivity contribution in [1.82, 2.24) is 4.90 Å². The fourth-order valence-corrected chi connectivity index (χ4v) is 2.65. The maximum Gasteiger partial charge on any atom is 0.106 e. The number of hydrogen-bond donors (Lipinski definition) is 1. The smallest absolute Gasteiger partial charge is 0.106 e. The van der Waals surface area contributed by atoms with Crippen LogP contribution in [0.15, 0.2) is 30.3 Å². The van der Waals surface area contributed by atoms with Crippen molar-refractivity contribution in [2.75, 3.05) is 20.1 Å². The zero-order valence-electron chi connectivity index (χ0n) is 9.48. The number of nitrogens with zero attached hydrogens (tertiary/aromatic N) is 1. The number of aliphatic hydroxyl groups is 1. The predicted octanol–water partition coefficient (Wildman–Crippen LogP) is 1.85. The molecule has 0 amide bonds. The standard InChI is InChI=1S/C13H19NO/c1-3-11-9-14(2)10-13(11,15)12-7-5-4-6-8-12/h4-8,11,15H,3,9-10H2,1-2H3. The summed E-state index contributed by atoms with van der Waals surface area (Å²) in [5.41, 5.74) is 0.409. The minimum atomic E-state index is -0.648. The molecule has 0 spiro atoms. The van der Waals surface area contributed by atoms with Crippen molar-refractivity contribution in [3.05, 3.63) is 35.9 Å². The summed E-state index contributed by atoms with van der Waals surface area (Å²) < 4.78 is 0. The number of rotatable bonds is 2. The third kappa shape index (κ3) is 1.80. The molecule has 2 heteroatoms. The Labute approximate surface area is 91.5 Å². The third-order valence-electron chi connectivity index (χ3n) is 3.48. The summed E-state index contributed by atoms with van der Waals surface area (Å²) in [6.07, 6.45) is 1.02. The zero-order chi connectivity index (χ0) is 10.9. The van der Waals surface area contributed by atoms with Gasteiger partial charge in [0.05, 0.1) is 0 Å². The van der Waals surface area contributed by atoms with Crippen molar-refractivity contribution < 1.29 is 5.11 Å².